The number of carboxylic acids is 1. The topological polar surface area (TPSA) is 98.7 Å². The monoisotopic (exact) mass is 331 g/mol. The number of benzene rings is 1. The van der Waals surface area contributed by atoms with Gasteiger partial charge in [-0.1, -0.05) is 18.2 Å². The second kappa shape index (κ2) is 6.90. The van der Waals surface area contributed by atoms with Crippen LogP contribution in [-0.2, 0) is 9.59 Å². The summed E-state index contributed by atoms with van der Waals surface area (Å²) in [6, 6.07) is 8.98. The van der Waals surface area contributed by atoms with Crippen LogP contribution in [0.2, 0.25) is 0 Å². The third-order valence-electron chi connectivity index (χ3n) is 4.60. The van der Waals surface area contributed by atoms with Gasteiger partial charge in [0.15, 0.2) is 0 Å². The first-order valence-electron chi connectivity index (χ1n) is 8.19. The molecule has 1 saturated carbocycles. The number of amides is 3. The number of hydrogen-bond acceptors (Lipinski definition) is 3. The average molecular weight is 331 g/mol. The van der Waals surface area contributed by atoms with E-state index in [1.165, 1.54) is 0 Å². The lowest BCUT2D eigenvalue weighted by molar-refractivity contribution is -0.142. The van der Waals surface area contributed by atoms with Crippen molar-refractivity contribution in [2.75, 3.05) is 18.4 Å². The van der Waals surface area contributed by atoms with Crippen molar-refractivity contribution in [1.82, 2.24) is 10.2 Å². The maximum atomic E-state index is 12.2. The molecule has 128 valence electrons. The lowest BCUT2D eigenvalue weighted by Crippen LogP contribution is -2.48. The van der Waals surface area contributed by atoms with Gasteiger partial charge in [0.1, 0.15) is 0 Å². The maximum Gasteiger partial charge on any atom is 0.319 e. The summed E-state index contributed by atoms with van der Waals surface area (Å²) >= 11 is 0. The number of carboxylic acid groups (broad SMARTS) is 1. The number of carbonyl (C=O) groups excluding carboxylic acids is 2. The highest BCUT2D eigenvalue weighted by molar-refractivity contribution is 5.90. The minimum atomic E-state index is -0.887. The third-order valence-corrected chi connectivity index (χ3v) is 4.60. The first-order chi connectivity index (χ1) is 11.5. The van der Waals surface area contributed by atoms with Crippen molar-refractivity contribution in [3.05, 3.63) is 30.3 Å². The Labute approximate surface area is 140 Å². The molecule has 1 heterocycles. The number of aliphatic carboxylic acids is 1. The fourth-order valence-electron chi connectivity index (χ4n) is 3.09. The van der Waals surface area contributed by atoms with E-state index in [0.717, 1.165) is 5.69 Å². The van der Waals surface area contributed by atoms with E-state index in [-0.39, 0.29) is 23.9 Å². The van der Waals surface area contributed by atoms with Crippen molar-refractivity contribution >= 4 is 23.6 Å². The Morgan fingerprint density at radius 2 is 1.71 bits per heavy atom. The summed E-state index contributed by atoms with van der Waals surface area (Å²) in [4.78, 5) is 36.8. The van der Waals surface area contributed by atoms with E-state index < -0.39 is 11.9 Å². The Morgan fingerprint density at radius 3 is 2.29 bits per heavy atom. The van der Waals surface area contributed by atoms with Crippen molar-refractivity contribution in [2.45, 2.75) is 25.3 Å². The Morgan fingerprint density at radius 1 is 1.04 bits per heavy atom. The molecule has 3 amide bonds. The van der Waals surface area contributed by atoms with Crippen LogP contribution < -0.4 is 10.6 Å². The van der Waals surface area contributed by atoms with Gasteiger partial charge in [-0.25, -0.2) is 4.79 Å². The van der Waals surface area contributed by atoms with Gasteiger partial charge in [0.2, 0.25) is 5.91 Å². The molecule has 24 heavy (non-hydrogen) atoms. The van der Waals surface area contributed by atoms with Crippen LogP contribution in [0.3, 0.4) is 0 Å². The van der Waals surface area contributed by atoms with Crippen molar-refractivity contribution < 1.29 is 19.5 Å². The van der Waals surface area contributed by atoms with E-state index >= 15 is 0 Å². The maximum absolute atomic E-state index is 12.2. The molecule has 2 aliphatic rings. The van der Waals surface area contributed by atoms with Gasteiger partial charge in [-0.15, -0.1) is 0 Å². The molecule has 7 nitrogen and oxygen atoms in total. The predicted molar refractivity (Wildman–Crippen MR) is 87.4 cm³/mol. The highest BCUT2D eigenvalue weighted by atomic mass is 16.4. The summed E-state index contributed by atoms with van der Waals surface area (Å²) in [6.45, 7) is 1.11. The van der Waals surface area contributed by atoms with Crippen molar-refractivity contribution in [2.24, 2.45) is 11.8 Å². The van der Waals surface area contributed by atoms with Gasteiger partial charge in [-0.3, -0.25) is 9.59 Å². The van der Waals surface area contributed by atoms with Crippen LogP contribution in [0, 0.1) is 11.8 Å². The molecule has 2 atom stereocenters. The predicted octanol–water partition coefficient (Wildman–Crippen LogP) is 1.52. The van der Waals surface area contributed by atoms with Crippen molar-refractivity contribution in [3.63, 3.8) is 0 Å². The van der Waals surface area contributed by atoms with Gasteiger partial charge in [0.05, 0.1) is 11.8 Å². The number of rotatable bonds is 4. The zero-order valence-corrected chi connectivity index (χ0v) is 13.3. The van der Waals surface area contributed by atoms with E-state index in [4.69, 9.17) is 5.11 Å². The Kier molecular flexibility index (Phi) is 4.69. The van der Waals surface area contributed by atoms with Gasteiger partial charge >= 0.3 is 12.0 Å². The first-order valence-corrected chi connectivity index (χ1v) is 8.19. The summed E-state index contributed by atoms with van der Waals surface area (Å²) in [7, 11) is 0. The number of nitrogens with one attached hydrogen (secondary N) is 2. The van der Waals surface area contributed by atoms with Crippen LogP contribution in [0.1, 0.15) is 19.3 Å². The molecule has 3 N–H and O–H groups in total. The minimum Gasteiger partial charge on any atom is -0.481 e. The minimum absolute atomic E-state index is 0.0206. The third kappa shape index (κ3) is 3.84. The second-order valence-corrected chi connectivity index (χ2v) is 6.35. The standard InChI is InChI=1S/C17H21N3O4/c21-15(13-10-14(13)16(22)23)20-8-6-12(7-9-20)19-17(24)18-11-4-2-1-3-5-11/h1-5,12-14H,6-10H2,(H,22,23)(H2,18,19,24). The second-order valence-electron chi connectivity index (χ2n) is 6.35. The number of hydrogen-bond donors (Lipinski definition) is 3. The molecule has 0 bridgehead atoms. The number of likely N-dealkylation sites (tertiary alicyclic amines) is 1. The van der Waals surface area contributed by atoms with Gasteiger partial charge < -0.3 is 20.6 Å². The molecule has 0 radical (unpaired) electrons. The average Bonchev–Trinajstić information content (AvgIpc) is 3.36. The number of piperidine rings is 1. The van der Waals surface area contributed by atoms with E-state index in [0.29, 0.717) is 32.4 Å². The number of anilines is 1. The molecular formula is C17H21N3O4. The van der Waals surface area contributed by atoms with Crippen molar-refractivity contribution in [3.8, 4) is 0 Å². The smallest absolute Gasteiger partial charge is 0.319 e. The molecule has 1 saturated heterocycles. The normalized spacial score (nSPS) is 23.4. The highest BCUT2D eigenvalue weighted by Crippen LogP contribution is 2.40. The van der Waals surface area contributed by atoms with Gasteiger partial charge in [-0.05, 0) is 31.4 Å². The van der Waals surface area contributed by atoms with Gasteiger partial charge in [-0.2, -0.15) is 0 Å². The molecule has 2 unspecified atom stereocenters. The quantitative estimate of drug-likeness (QED) is 0.779. The fraction of sp³-hybridized carbons (Fsp3) is 0.471. The molecule has 0 aromatic heterocycles. The zero-order valence-electron chi connectivity index (χ0n) is 13.3. The summed E-state index contributed by atoms with van der Waals surface area (Å²) in [6.07, 6.45) is 1.81. The highest BCUT2D eigenvalue weighted by Gasteiger charge is 2.50. The molecule has 1 aliphatic carbocycles. The molecule has 3 rings (SSSR count). The Bertz CT molecular complexity index is 626. The number of para-hydroxylation sites is 1. The zero-order chi connectivity index (χ0) is 17.1. The molecular weight excluding hydrogens is 310 g/mol. The van der Waals surface area contributed by atoms with Crippen LogP contribution in [0.25, 0.3) is 0 Å². The van der Waals surface area contributed by atoms with E-state index in [2.05, 4.69) is 10.6 Å². The summed E-state index contributed by atoms with van der Waals surface area (Å²) in [5, 5.41) is 14.6. The Balaban J connectivity index is 1.41. The van der Waals surface area contributed by atoms with E-state index in [1.54, 1.807) is 4.90 Å². The molecule has 7 heteroatoms. The van der Waals surface area contributed by atoms with E-state index in [1.807, 2.05) is 30.3 Å². The van der Waals surface area contributed by atoms with E-state index in [9.17, 15) is 14.4 Å². The molecule has 2 fully saturated rings. The van der Waals surface area contributed by atoms with Gasteiger partial charge in [0.25, 0.3) is 0 Å². The SMILES string of the molecule is O=C(Nc1ccccc1)NC1CCN(C(=O)C2CC2C(=O)O)CC1. The molecule has 1 aromatic carbocycles. The molecule has 1 aliphatic heterocycles. The number of nitrogens with zero attached hydrogens (tertiary/aromatic N) is 1. The van der Waals surface area contributed by atoms with Gasteiger partial charge in [0, 0.05) is 24.8 Å². The number of carbonyl (C=O) groups is 3. The lowest BCUT2D eigenvalue weighted by Gasteiger charge is -2.32. The first kappa shape index (κ1) is 16.3. The summed E-state index contributed by atoms with van der Waals surface area (Å²) in [5.74, 6) is -1.81. The summed E-state index contributed by atoms with van der Waals surface area (Å²) in [5.41, 5.74) is 0.732. The fourth-order valence-corrected chi connectivity index (χ4v) is 3.09. The molecule has 0 spiro atoms. The van der Waals surface area contributed by atoms with Crippen LogP contribution >= 0.6 is 0 Å². The van der Waals surface area contributed by atoms with Crippen LogP contribution in [0.5, 0.6) is 0 Å². The largest absolute Gasteiger partial charge is 0.481 e. The lowest BCUT2D eigenvalue weighted by atomic mass is 10.0. The Hall–Kier alpha value is -2.57. The van der Waals surface area contributed by atoms with Crippen LogP contribution in [-0.4, -0.2) is 47.0 Å². The molecule has 1 aromatic rings. The van der Waals surface area contributed by atoms with Crippen LogP contribution in [0.15, 0.2) is 30.3 Å². The van der Waals surface area contributed by atoms with Crippen LogP contribution in [0.4, 0.5) is 10.5 Å². The summed E-state index contributed by atoms with van der Waals surface area (Å²) < 4.78 is 0. The number of urea groups is 1. The van der Waals surface area contributed by atoms with Crippen molar-refractivity contribution in [1.29, 1.82) is 0 Å².